The number of hydrogen-bond donors (Lipinski definition) is 1. The van der Waals surface area contributed by atoms with E-state index >= 15 is 0 Å². The number of rotatable bonds is 3. The van der Waals surface area contributed by atoms with Gasteiger partial charge in [0.1, 0.15) is 5.82 Å². The van der Waals surface area contributed by atoms with E-state index < -0.39 is 0 Å². The molecule has 0 aromatic heterocycles. The average Bonchev–Trinajstić information content (AvgIpc) is 2.35. The Morgan fingerprint density at radius 3 is 2.68 bits per heavy atom. The number of carbonyl (C=O) groups excluding carboxylic acids is 1. The van der Waals surface area contributed by atoms with Crippen LogP contribution in [-0.2, 0) is 6.42 Å². The topological polar surface area (TPSA) is 43.1 Å². The smallest absolute Gasteiger partial charge is 0.169 e. The van der Waals surface area contributed by atoms with Crippen LogP contribution in [0.15, 0.2) is 40.9 Å². The minimum absolute atomic E-state index is 0.0755. The number of nitrogen functional groups attached to an aromatic ring is 1. The summed E-state index contributed by atoms with van der Waals surface area (Å²) in [5, 5.41) is 0. The molecule has 0 saturated carbocycles. The molecule has 0 bridgehead atoms. The van der Waals surface area contributed by atoms with Crippen LogP contribution in [0.5, 0.6) is 0 Å². The van der Waals surface area contributed by atoms with Crippen LogP contribution in [0.25, 0.3) is 0 Å². The van der Waals surface area contributed by atoms with Crippen LogP contribution in [0, 0.1) is 12.7 Å². The van der Waals surface area contributed by atoms with Gasteiger partial charge in [-0.15, -0.1) is 0 Å². The number of benzene rings is 2. The number of carbonyl (C=O) groups is 1. The Labute approximate surface area is 119 Å². The largest absolute Gasteiger partial charge is 0.398 e. The Hall–Kier alpha value is -1.68. The molecule has 0 amide bonds. The molecule has 2 nitrogen and oxygen atoms in total. The second-order valence-corrected chi connectivity index (χ2v) is 5.28. The van der Waals surface area contributed by atoms with Crippen LogP contribution in [0.2, 0.25) is 0 Å². The molecule has 0 unspecified atom stereocenters. The highest BCUT2D eigenvalue weighted by Gasteiger charge is 2.13. The lowest BCUT2D eigenvalue weighted by atomic mass is 10.00. The Balaban J connectivity index is 2.28. The summed E-state index contributed by atoms with van der Waals surface area (Å²) in [6.07, 6.45) is 0.189. The van der Waals surface area contributed by atoms with Crippen molar-refractivity contribution in [3.8, 4) is 0 Å². The molecule has 98 valence electrons. The van der Waals surface area contributed by atoms with Gasteiger partial charge in [-0.1, -0.05) is 33.6 Å². The van der Waals surface area contributed by atoms with Crippen molar-refractivity contribution in [2.45, 2.75) is 13.3 Å². The number of ketones is 1. The standard InChI is InChI=1S/C15H13BrFNO/c1-9-2-5-14(18)12(6-9)15(19)7-10-3-4-11(17)8-13(10)16/h2-6,8H,7,18H2,1H3. The van der Waals surface area contributed by atoms with Crippen molar-refractivity contribution in [3.05, 3.63) is 63.4 Å². The Morgan fingerprint density at radius 1 is 1.26 bits per heavy atom. The molecule has 4 heteroatoms. The summed E-state index contributed by atoms with van der Waals surface area (Å²) in [6, 6.07) is 9.65. The second-order valence-electron chi connectivity index (χ2n) is 4.43. The molecular formula is C15H13BrFNO. The quantitative estimate of drug-likeness (QED) is 0.688. The monoisotopic (exact) mass is 321 g/mol. The molecule has 0 fully saturated rings. The third kappa shape index (κ3) is 3.20. The first-order valence-corrected chi connectivity index (χ1v) is 6.60. The van der Waals surface area contributed by atoms with Crippen molar-refractivity contribution in [1.29, 1.82) is 0 Å². The number of halogens is 2. The third-order valence-corrected chi connectivity index (χ3v) is 3.61. The lowest BCUT2D eigenvalue weighted by Gasteiger charge is -2.07. The first-order valence-electron chi connectivity index (χ1n) is 5.80. The third-order valence-electron chi connectivity index (χ3n) is 2.88. The molecule has 0 atom stereocenters. The van der Waals surface area contributed by atoms with Crippen molar-refractivity contribution in [1.82, 2.24) is 0 Å². The molecule has 2 N–H and O–H groups in total. The van der Waals surface area contributed by atoms with Gasteiger partial charge in [-0.2, -0.15) is 0 Å². The lowest BCUT2D eigenvalue weighted by Crippen LogP contribution is -2.08. The van der Waals surface area contributed by atoms with Crippen molar-refractivity contribution < 1.29 is 9.18 Å². The molecule has 0 aliphatic heterocycles. The molecule has 2 aromatic carbocycles. The van der Waals surface area contributed by atoms with Gasteiger partial charge < -0.3 is 5.73 Å². The Bertz CT molecular complexity index is 640. The highest BCUT2D eigenvalue weighted by atomic mass is 79.9. The summed E-state index contributed by atoms with van der Waals surface area (Å²) in [5.41, 5.74) is 8.52. The van der Waals surface area contributed by atoms with E-state index in [-0.39, 0.29) is 18.0 Å². The van der Waals surface area contributed by atoms with Gasteiger partial charge in [0.25, 0.3) is 0 Å². The Kier molecular flexibility index (Phi) is 4.00. The molecule has 0 aliphatic rings. The molecule has 2 aromatic rings. The van der Waals surface area contributed by atoms with Crippen LogP contribution < -0.4 is 5.73 Å². The van der Waals surface area contributed by atoms with E-state index in [0.717, 1.165) is 11.1 Å². The van der Waals surface area contributed by atoms with Gasteiger partial charge in [0.15, 0.2) is 5.78 Å². The number of nitrogens with two attached hydrogens (primary N) is 1. The molecule has 0 heterocycles. The molecule has 0 aliphatic carbocycles. The molecule has 0 spiro atoms. The van der Waals surface area contributed by atoms with Crippen molar-refractivity contribution in [2.75, 3.05) is 5.73 Å². The average molecular weight is 322 g/mol. The normalized spacial score (nSPS) is 10.5. The molecular weight excluding hydrogens is 309 g/mol. The highest BCUT2D eigenvalue weighted by molar-refractivity contribution is 9.10. The second kappa shape index (κ2) is 5.53. The summed E-state index contributed by atoms with van der Waals surface area (Å²) >= 11 is 3.26. The zero-order valence-electron chi connectivity index (χ0n) is 10.4. The van der Waals surface area contributed by atoms with Crippen LogP contribution in [-0.4, -0.2) is 5.78 Å². The fourth-order valence-corrected chi connectivity index (χ4v) is 2.34. The lowest BCUT2D eigenvalue weighted by molar-refractivity contribution is 0.0993. The van der Waals surface area contributed by atoms with Crippen molar-refractivity contribution in [2.24, 2.45) is 0 Å². The SMILES string of the molecule is Cc1ccc(N)c(C(=O)Cc2ccc(F)cc2Br)c1. The van der Waals surface area contributed by atoms with E-state index in [1.165, 1.54) is 12.1 Å². The van der Waals surface area contributed by atoms with Gasteiger partial charge in [-0.25, -0.2) is 4.39 Å². The zero-order valence-corrected chi connectivity index (χ0v) is 12.0. The molecule has 2 rings (SSSR count). The van der Waals surface area contributed by atoms with Gasteiger partial charge in [0.05, 0.1) is 0 Å². The molecule has 0 radical (unpaired) electrons. The van der Waals surface area contributed by atoms with E-state index in [1.807, 2.05) is 13.0 Å². The number of hydrogen-bond acceptors (Lipinski definition) is 2. The molecule has 0 saturated heterocycles. The highest BCUT2D eigenvalue weighted by Crippen LogP contribution is 2.22. The van der Waals surface area contributed by atoms with Crippen LogP contribution in [0.3, 0.4) is 0 Å². The summed E-state index contributed by atoms with van der Waals surface area (Å²) in [6.45, 7) is 1.91. The van der Waals surface area contributed by atoms with Gasteiger partial charge in [0, 0.05) is 22.1 Å². The number of anilines is 1. The summed E-state index contributed by atoms with van der Waals surface area (Å²) < 4.78 is 13.6. The van der Waals surface area contributed by atoms with Gasteiger partial charge in [0.2, 0.25) is 0 Å². The van der Waals surface area contributed by atoms with Crippen LogP contribution in [0.4, 0.5) is 10.1 Å². The first kappa shape index (κ1) is 13.7. The minimum atomic E-state index is -0.335. The number of aryl methyl sites for hydroxylation is 1. The summed E-state index contributed by atoms with van der Waals surface area (Å²) in [5.74, 6) is -0.411. The fraction of sp³-hybridized carbons (Fsp3) is 0.133. The van der Waals surface area contributed by atoms with E-state index in [9.17, 15) is 9.18 Å². The Morgan fingerprint density at radius 2 is 2.00 bits per heavy atom. The van der Waals surface area contributed by atoms with Crippen molar-refractivity contribution >= 4 is 27.4 Å². The number of Topliss-reactive ketones (excluding diaryl/α,β-unsaturated/α-hetero) is 1. The predicted octanol–water partition coefficient (Wildman–Crippen LogP) is 3.90. The minimum Gasteiger partial charge on any atom is -0.398 e. The van der Waals surface area contributed by atoms with Gasteiger partial charge >= 0.3 is 0 Å². The first-order chi connectivity index (χ1) is 8.97. The van der Waals surface area contributed by atoms with Gasteiger partial charge in [-0.3, -0.25) is 4.79 Å². The fourth-order valence-electron chi connectivity index (χ4n) is 1.84. The predicted molar refractivity (Wildman–Crippen MR) is 77.7 cm³/mol. The van der Waals surface area contributed by atoms with E-state index in [4.69, 9.17) is 5.73 Å². The van der Waals surface area contributed by atoms with E-state index in [0.29, 0.717) is 15.7 Å². The summed E-state index contributed by atoms with van der Waals surface area (Å²) in [4.78, 5) is 12.2. The molecule has 19 heavy (non-hydrogen) atoms. The van der Waals surface area contributed by atoms with Crippen molar-refractivity contribution in [3.63, 3.8) is 0 Å². The van der Waals surface area contributed by atoms with Crippen LogP contribution in [0.1, 0.15) is 21.5 Å². The summed E-state index contributed by atoms with van der Waals surface area (Å²) in [7, 11) is 0. The maximum Gasteiger partial charge on any atom is 0.169 e. The maximum absolute atomic E-state index is 13.0. The van der Waals surface area contributed by atoms with E-state index in [2.05, 4.69) is 15.9 Å². The zero-order chi connectivity index (χ0) is 14.0. The van der Waals surface area contributed by atoms with E-state index in [1.54, 1.807) is 18.2 Å². The maximum atomic E-state index is 13.0. The van der Waals surface area contributed by atoms with Crippen LogP contribution >= 0.6 is 15.9 Å². The van der Waals surface area contributed by atoms with Gasteiger partial charge in [-0.05, 0) is 36.8 Å².